The van der Waals surface area contributed by atoms with Gasteiger partial charge in [0.1, 0.15) is 11.6 Å². The molecule has 0 radical (unpaired) electrons. The number of benzene rings is 2. The van der Waals surface area contributed by atoms with Crippen molar-refractivity contribution in [1.29, 1.82) is 0 Å². The molecule has 102 valence electrons. The van der Waals surface area contributed by atoms with Gasteiger partial charge >= 0.3 is 0 Å². The number of amides is 1. The van der Waals surface area contributed by atoms with Crippen molar-refractivity contribution in [2.75, 3.05) is 0 Å². The minimum Gasteiger partial charge on any atom is -0.508 e. The fraction of sp³-hybridized carbons (Fsp3) is 0.0667. The number of carbonyl (C=O) groups is 1. The van der Waals surface area contributed by atoms with Crippen molar-refractivity contribution < 1.29 is 14.3 Å². The van der Waals surface area contributed by atoms with Crippen LogP contribution in [-0.2, 0) is 0 Å². The first-order valence-electron chi connectivity index (χ1n) is 5.96. The normalized spacial score (nSPS) is 11.2. The number of hydrazone groups is 1. The van der Waals surface area contributed by atoms with E-state index in [0.29, 0.717) is 11.3 Å². The summed E-state index contributed by atoms with van der Waals surface area (Å²) in [5.74, 6) is -0.617. The van der Waals surface area contributed by atoms with Crippen molar-refractivity contribution in [3.05, 3.63) is 65.5 Å². The van der Waals surface area contributed by atoms with Gasteiger partial charge in [0.05, 0.1) is 5.71 Å². The highest BCUT2D eigenvalue weighted by atomic mass is 19.1. The van der Waals surface area contributed by atoms with Crippen LogP contribution in [0.3, 0.4) is 0 Å². The van der Waals surface area contributed by atoms with E-state index in [1.54, 1.807) is 19.1 Å². The average Bonchev–Trinajstić information content (AvgIpc) is 2.46. The van der Waals surface area contributed by atoms with Gasteiger partial charge in [-0.1, -0.05) is 12.1 Å². The summed E-state index contributed by atoms with van der Waals surface area (Å²) in [5, 5.41) is 13.1. The van der Waals surface area contributed by atoms with Crippen LogP contribution in [0.4, 0.5) is 4.39 Å². The Morgan fingerprint density at radius 1 is 1.05 bits per heavy atom. The van der Waals surface area contributed by atoms with Crippen LogP contribution < -0.4 is 5.43 Å². The summed E-state index contributed by atoms with van der Waals surface area (Å²) in [5.41, 5.74) is 4.08. The quantitative estimate of drug-likeness (QED) is 0.666. The molecule has 0 atom stereocenters. The lowest BCUT2D eigenvalue weighted by Crippen LogP contribution is -2.19. The van der Waals surface area contributed by atoms with E-state index in [-0.39, 0.29) is 17.5 Å². The van der Waals surface area contributed by atoms with Gasteiger partial charge in [0.25, 0.3) is 5.91 Å². The van der Waals surface area contributed by atoms with Crippen LogP contribution in [0.1, 0.15) is 22.8 Å². The summed E-state index contributed by atoms with van der Waals surface area (Å²) in [4.78, 5) is 11.8. The van der Waals surface area contributed by atoms with Gasteiger partial charge in [0, 0.05) is 5.56 Å². The highest BCUT2D eigenvalue weighted by Crippen LogP contribution is 2.09. The number of phenols is 1. The molecule has 0 bridgehead atoms. The van der Waals surface area contributed by atoms with Crippen molar-refractivity contribution in [2.45, 2.75) is 6.92 Å². The van der Waals surface area contributed by atoms with Crippen LogP contribution in [-0.4, -0.2) is 16.7 Å². The van der Waals surface area contributed by atoms with E-state index in [1.165, 1.54) is 36.4 Å². The third-order valence-corrected chi connectivity index (χ3v) is 2.72. The Morgan fingerprint density at radius 3 is 2.20 bits per heavy atom. The highest BCUT2D eigenvalue weighted by molar-refractivity contribution is 6.00. The molecule has 2 aromatic carbocycles. The number of hydrogen-bond donors (Lipinski definition) is 2. The Kier molecular flexibility index (Phi) is 4.10. The number of carbonyl (C=O) groups excluding carboxylic acids is 1. The Morgan fingerprint density at radius 2 is 1.60 bits per heavy atom. The third kappa shape index (κ3) is 3.41. The second-order valence-corrected chi connectivity index (χ2v) is 4.19. The molecule has 0 aliphatic carbocycles. The lowest BCUT2D eigenvalue weighted by atomic mass is 10.1. The van der Waals surface area contributed by atoms with Gasteiger partial charge in [-0.25, -0.2) is 9.82 Å². The zero-order valence-electron chi connectivity index (χ0n) is 10.8. The molecule has 0 heterocycles. The molecule has 20 heavy (non-hydrogen) atoms. The molecule has 4 nitrogen and oxygen atoms in total. The first-order chi connectivity index (χ1) is 9.56. The smallest absolute Gasteiger partial charge is 0.271 e. The molecule has 2 aromatic rings. The maximum absolute atomic E-state index is 12.8. The molecule has 0 spiro atoms. The minimum absolute atomic E-state index is 0.0903. The predicted octanol–water partition coefficient (Wildman–Crippen LogP) is 2.69. The van der Waals surface area contributed by atoms with Gasteiger partial charge < -0.3 is 5.11 Å². The van der Waals surface area contributed by atoms with Crippen LogP contribution in [0, 0.1) is 5.82 Å². The van der Waals surface area contributed by atoms with Gasteiger partial charge in [-0.2, -0.15) is 5.10 Å². The third-order valence-electron chi connectivity index (χ3n) is 2.72. The van der Waals surface area contributed by atoms with E-state index in [0.717, 1.165) is 5.56 Å². The molecule has 2 rings (SSSR count). The largest absolute Gasteiger partial charge is 0.508 e. The molecule has 1 amide bonds. The van der Waals surface area contributed by atoms with E-state index < -0.39 is 0 Å². The van der Waals surface area contributed by atoms with E-state index in [2.05, 4.69) is 10.5 Å². The molecule has 2 N–H and O–H groups in total. The van der Waals surface area contributed by atoms with E-state index in [9.17, 15) is 9.18 Å². The molecule has 0 aliphatic heterocycles. The summed E-state index contributed by atoms with van der Waals surface area (Å²) in [7, 11) is 0. The zero-order valence-corrected chi connectivity index (χ0v) is 10.8. The van der Waals surface area contributed by atoms with Crippen molar-refractivity contribution >= 4 is 11.6 Å². The van der Waals surface area contributed by atoms with Crippen LogP contribution in [0.25, 0.3) is 0 Å². The molecule has 0 aliphatic rings. The first-order valence-corrected chi connectivity index (χ1v) is 5.96. The number of nitrogens with one attached hydrogen (secondary N) is 1. The molecule has 5 heteroatoms. The number of hydrogen-bond acceptors (Lipinski definition) is 3. The van der Waals surface area contributed by atoms with E-state index in [1.807, 2.05) is 0 Å². The summed E-state index contributed by atoms with van der Waals surface area (Å²) < 4.78 is 12.8. The first kappa shape index (κ1) is 13.7. The lowest BCUT2D eigenvalue weighted by Gasteiger charge is -2.03. The molecule has 0 saturated heterocycles. The van der Waals surface area contributed by atoms with Crippen molar-refractivity contribution in [1.82, 2.24) is 5.43 Å². The molecule has 0 unspecified atom stereocenters. The van der Waals surface area contributed by atoms with Crippen LogP contribution >= 0.6 is 0 Å². The number of halogens is 1. The fourth-order valence-corrected chi connectivity index (χ4v) is 1.57. The maximum atomic E-state index is 12.8. The van der Waals surface area contributed by atoms with Crippen molar-refractivity contribution in [2.24, 2.45) is 5.10 Å². The van der Waals surface area contributed by atoms with Gasteiger partial charge in [-0.15, -0.1) is 0 Å². The molecule has 0 aromatic heterocycles. The maximum Gasteiger partial charge on any atom is 0.271 e. The minimum atomic E-state index is -0.383. The summed E-state index contributed by atoms with van der Waals surface area (Å²) >= 11 is 0. The number of aromatic hydroxyl groups is 1. The zero-order chi connectivity index (χ0) is 14.5. The van der Waals surface area contributed by atoms with Gasteiger partial charge in [0.2, 0.25) is 0 Å². The summed E-state index contributed by atoms with van der Waals surface area (Å²) in [6, 6.07) is 11.7. The predicted molar refractivity (Wildman–Crippen MR) is 74.2 cm³/mol. The highest BCUT2D eigenvalue weighted by Gasteiger charge is 2.04. The molecular formula is C15H13FN2O2. The van der Waals surface area contributed by atoms with Gasteiger partial charge in [-0.05, 0) is 48.9 Å². The van der Waals surface area contributed by atoms with E-state index >= 15 is 0 Å². The van der Waals surface area contributed by atoms with Gasteiger partial charge in [-0.3, -0.25) is 4.79 Å². The molecule has 0 saturated carbocycles. The van der Waals surface area contributed by atoms with Crippen LogP contribution in [0.15, 0.2) is 53.6 Å². The SMILES string of the molecule is CC(=NNC(=O)c1ccc(O)cc1)c1ccc(F)cc1. The monoisotopic (exact) mass is 272 g/mol. The summed E-state index contributed by atoms with van der Waals surface area (Å²) in [6.45, 7) is 1.71. The Labute approximate surface area is 115 Å². The lowest BCUT2D eigenvalue weighted by molar-refractivity contribution is 0.0955. The Bertz CT molecular complexity index is 634. The Balaban J connectivity index is 2.06. The van der Waals surface area contributed by atoms with Crippen molar-refractivity contribution in [3.8, 4) is 5.75 Å². The van der Waals surface area contributed by atoms with Crippen LogP contribution in [0.5, 0.6) is 5.75 Å². The molecule has 0 fully saturated rings. The molecular weight excluding hydrogens is 259 g/mol. The van der Waals surface area contributed by atoms with E-state index in [4.69, 9.17) is 5.11 Å². The Hall–Kier alpha value is -2.69. The second kappa shape index (κ2) is 5.97. The number of rotatable bonds is 3. The van der Waals surface area contributed by atoms with Gasteiger partial charge in [0.15, 0.2) is 0 Å². The summed E-state index contributed by atoms with van der Waals surface area (Å²) in [6.07, 6.45) is 0. The topological polar surface area (TPSA) is 61.7 Å². The van der Waals surface area contributed by atoms with Crippen molar-refractivity contribution in [3.63, 3.8) is 0 Å². The van der Waals surface area contributed by atoms with Crippen LogP contribution in [0.2, 0.25) is 0 Å². The number of nitrogens with zero attached hydrogens (tertiary/aromatic N) is 1. The number of phenolic OH excluding ortho intramolecular Hbond substituents is 1. The second-order valence-electron chi connectivity index (χ2n) is 4.19. The average molecular weight is 272 g/mol. The fourth-order valence-electron chi connectivity index (χ4n) is 1.57. The standard InChI is InChI=1S/C15H13FN2O2/c1-10(11-2-6-13(16)7-3-11)17-18-15(20)12-4-8-14(19)9-5-12/h2-9,19H,1H3,(H,18,20).